The van der Waals surface area contributed by atoms with E-state index in [4.69, 9.17) is 0 Å². The van der Waals surface area contributed by atoms with Crippen LogP contribution in [0.2, 0.25) is 0 Å². The number of hydrogen-bond donors (Lipinski definition) is 0. The Kier molecular flexibility index (Phi) is 4.66. The Balaban J connectivity index is 1.47. The Labute approximate surface area is 148 Å². The van der Waals surface area contributed by atoms with Crippen molar-refractivity contribution in [2.24, 2.45) is 5.92 Å². The second-order valence-electron chi connectivity index (χ2n) is 7.15. The first-order valence-corrected chi connectivity index (χ1v) is 10.0. The van der Waals surface area contributed by atoms with Crippen LogP contribution in [0.25, 0.3) is 5.57 Å². The summed E-state index contributed by atoms with van der Waals surface area (Å²) in [6.45, 7) is 0. The summed E-state index contributed by atoms with van der Waals surface area (Å²) in [6, 6.07) is 13.1. The molecule has 1 unspecified atom stereocenters. The summed E-state index contributed by atoms with van der Waals surface area (Å²) in [7, 11) is 0. The van der Waals surface area contributed by atoms with Gasteiger partial charge in [-0.2, -0.15) is 0 Å². The molecule has 1 aromatic heterocycles. The fraction of sp³-hybridized carbons (Fsp3) is 0.409. The van der Waals surface area contributed by atoms with E-state index >= 15 is 0 Å². The van der Waals surface area contributed by atoms with Crippen molar-refractivity contribution >= 4 is 22.7 Å². The van der Waals surface area contributed by atoms with E-state index in [1.165, 1.54) is 34.4 Å². The van der Waals surface area contributed by atoms with Crippen molar-refractivity contribution in [3.05, 3.63) is 63.9 Å². The third-order valence-corrected chi connectivity index (χ3v) is 6.36. The van der Waals surface area contributed by atoms with E-state index in [0.29, 0.717) is 11.7 Å². The predicted molar refractivity (Wildman–Crippen MR) is 101 cm³/mol. The Morgan fingerprint density at radius 3 is 2.79 bits per heavy atom. The van der Waals surface area contributed by atoms with Gasteiger partial charge in [-0.05, 0) is 53.3 Å². The monoisotopic (exact) mass is 336 g/mol. The van der Waals surface area contributed by atoms with Gasteiger partial charge < -0.3 is 0 Å². The van der Waals surface area contributed by atoms with Gasteiger partial charge in [-0.1, -0.05) is 49.2 Å². The average Bonchev–Trinajstić information content (AvgIpc) is 3.09. The van der Waals surface area contributed by atoms with Crippen LogP contribution in [0, 0.1) is 5.92 Å². The second kappa shape index (κ2) is 7.06. The topological polar surface area (TPSA) is 17.1 Å². The molecular weight excluding hydrogens is 312 g/mol. The van der Waals surface area contributed by atoms with Gasteiger partial charge in [0, 0.05) is 23.6 Å². The number of thiophene rings is 1. The minimum Gasteiger partial charge on any atom is -0.300 e. The highest BCUT2D eigenvalue weighted by molar-refractivity contribution is 7.10. The molecule has 0 amide bonds. The van der Waals surface area contributed by atoms with Crippen LogP contribution in [0.4, 0.5) is 0 Å². The van der Waals surface area contributed by atoms with E-state index < -0.39 is 0 Å². The normalized spacial score (nSPS) is 17.4. The molecule has 1 atom stereocenters. The third kappa shape index (κ3) is 3.54. The molecule has 0 N–H and O–H groups in total. The number of hydrogen-bond acceptors (Lipinski definition) is 2. The summed E-state index contributed by atoms with van der Waals surface area (Å²) in [5, 5.41) is 2.15. The van der Waals surface area contributed by atoms with Crippen molar-refractivity contribution in [1.29, 1.82) is 0 Å². The number of rotatable bonds is 8. The summed E-state index contributed by atoms with van der Waals surface area (Å²) >= 11 is 1.82. The van der Waals surface area contributed by atoms with Crippen molar-refractivity contribution in [3.63, 3.8) is 0 Å². The molecule has 2 heteroatoms. The van der Waals surface area contributed by atoms with Crippen LogP contribution in [0.15, 0.2) is 47.9 Å². The maximum atomic E-state index is 12.3. The van der Waals surface area contributed by atoms with Gasteiger partial charge in [0.25, 0.3) is 0 Å². The van der Waals surface area contributed by atoms with E-state index in [1.807, 2.05) is 11.3 Å². The van der Waals surface area contributed by atoms with Gasteiger partial charge in [0.2, 0.25) is 0 Å². The average molecular weight is 337 g/mol. The number of benzene rings is 1. The fourth-order valence-corrected chi connectivity index (χ4v) is 4.66. The molecule has 1 saturated carbocycles. The molecule has 124 valence electrons. The molecule has 1 heterocycles. The van der Waals surface area contributed by atoms with Gasteiger partial charge in [-0.15, -0.1) is 11.3 Å². The van der Waals surface area contributed by atoms with Gasteiger partial charge in [-0.3, -0.25) is 4.79 Å². The smallest absolute Gasteiger partial charge is 0.132 e. The summed E-state index contributed by atoms with van der Waals surface area (Å²) in [5.41, 5.74) is 4.25. The number of Topliss-reactive ketones (excluding diaryl/α,β-unsaturated/α-hetero) is 1. The first kappa shape index (κ1) is 15.8. The number of carbonyl (C=O) groups is 1. The minimum absolute atomic E-state index is 0.374. The van der Waals surface area contributed by atoms with Gasteiger partial charge in [0.1, 0.15) is 5.78 Å². The number of carbonyl (C=O) groups excluding carboxylic acids is 1. The Morgan fingerprint density at radius 1 is 1.12 bits per heavy atom. The molecule has 0 bridgehead atoms. The molecule has 1 nitrogen and oxygen atoms in total. The first-order chi connectivity index (χ1) is 11.8. The zero-order chi connectivity index (χ0) is 16.4. The molecule has 0 saturated heterocycles. The number of allylic oxidation sites excluding steroid dienone is 2. The van der Waals surface area contributed by atoms with Crippen molar-refractivity contribution < 1.29 is 4.79 Å². The quantitative estimate of drug-likeness (QED) is 0.577. The van der Waals surface area contributed by atoms with Gasteiger partial charge >= 0.3 is 0 Å². The van der Waals surface area contributed by atoms with E-state index in [2.05, 4.69) is 47.9 Å². The van der Waals surface area contributed by atoms with E-state index in [9.17, 15) is 4.79 Å². The van der Waals surface area contributed by atoms with Crippen molar-refractivity contribution in [2.75, 3.05) is 0 Å². The fourth-order valence-electron chi connectivity index (χ4n) is 3.78. The van der Waals surface area contributed by atoms with Gasteiger partial charge in [0.15, 0.2) is 0 Å². The molecule has 2 aromatic rings. The lowest BCUT2D eigenvalue weighted by Crippen LogP contribution is -2.05. The highest BCUT2D eigenvalue weighted by atomic mass is 32.1. The summed E-state index contributed by atoms with van der Waals surface area (Å²) < 4.78 is 0. The summed E-state index contributed by atoms with van der Waals surface area (Å²) in [5.74, 6) is 1.68. The molecule has 2 aliphatic rings. The standard InChI is InChI=1S/C22H24OS/c23-18(11-9-16-7-8-16)12-14-21(22-6-3-15-24-22)20-13-10-17-4-1-2-5-19(17)20/h1-6,13,15-16,21H,7-12,14H2. The van der Waals surface area contributed by atoms with E-state index in [1.54, 1.807) is 0 Å². The molecule has 2 aliphatic carbocycles. The minimum atomic E-state index is 0.374. The van der Waals surface area contributed by atoms with Crippen LogP contribution in [-0.2, 0) is 11.2 Å². The highest BCUT2D eigenvalue weighted by Gasteiger charge is 2.26. The molecule has 1 fully saturated rings. The molecule has 1 aromatic carbocycles. The second-order valence-corrected chi connectivity index (χ2v) is 8.13. The predicted octanol–water partition coefficient (Wildman–Crippen LogP) is 6.01. The van der Waals surface area contributed by atoms with Crippen molar-refractivity contribution in [2.45, 2.75) is 50.9 Å². The molecule has 0 aliphatic heterocycles. The summed E-state index contributed by atoms with van der Waals surface area (Å²) in [6.07, 6.45) is 9.67. The molecule has 0 radical (unpaired) electrons. The maximum Gasteiger partial charge on any atom is 0.132 e. The molecular formula is C22H24OS. The van der Waals surface area contributed by atoms with E-state index in [0.717, 1.165) is 38.0 Å². The zero-order valence-electron chi connectivity index (χ0n) is 14.0. The Bertz CT molecular complexity index is 737. The van der Waals surface area contributed by atoms with Crippen molar-refractivity contribution in [3.8, 4) is 0 Å². The Hall–Kier alpha value is -1.67. The maximum absolute atomic E-state index is 12.3. The van der Waals surface area contributed by atoms with Crippen LogP contribution < -0.4 is 0 Å². The first-order valence-electron chi connectivity index (χ1n) is 9.14. The lowest BCUT2D eigenvalue weighted by Gasteiger charge is -2.18. The van der Waals surface area contributed by atoms with Crippen molar-refractivity contribution in [1.82, 2.24) is 0 Å². The Morgan fingerprint density at radius 2 is 2.00 bits per heavy atom. The number of fused-ring (bicyclic) bond motifs is 1. The SMILES string of the molecule is O=C(CCC1CC1)CCC(C1=CCc2ccccc21)c1cccs1. The highest BCUT2D eigenvalue weighted by Crippen LogP contribution is 2.42. The molecule has 24 heavy (non-hydrogen) atoms. The number of ketones is 1. The van der Waals surface area contributed by atoms with Gasteiger partial charge in [-0.25, -0.2) is 0 Å². The van der Waals surface area contributed by atoms with Crippen LogP contribution in [0.3, 0.4) is 0 Å². The largest absolute Gasteiger partial charge is 0.300 e. The van der Waals surface area contributed by atoms with Crippen LogP contribution in [-0.4, -0.2) is 5.78 Å². The van der Waals surface area contributed by atoms with E-state index in [-0.39, 0.29) is 0 Å². The van der Waals surface area contributed by atoms with Crippen LogP contribution in [0.5, 0.6) is 0 Å². The lowest BCUT2D eigenvalue weighted by molar-refractivity contribution is -0.119. The van der Waals surface area contributed by atoms with Crippen LogP contribution >= 0.6 is 11.3 Å². The third-order valence-electron chi connectivity index (χ3n) is 5.37. The van der Waals surface area contributed by atoms with Crippen LogP contribution in [0.1, 0.15) is 60.4 Å². The molecule has 0 spiro atoms. The molecule has 4 rings (SSSR count). The van der Waals surface area contributed by atoms with Gasteiger partial charge in [0.05, 0.1) is 0 Å². The lowest BCUT2D eigenvalue weighted by atomic mass is 9.87. The zero-order valence-corrected chi connectivity index (χ0v) is 14.9. The summed E-state index contributed by atoms with van der Waals surface area (Å²) in [4.78, 5) is 13.7.